The maximum atomic E-state index is 13.4. The highest BCUT2D eigenvalue weighted by Crippen LogP contribution is 2.37. The normalized spacial score (nSPS) is 30.8. The topological polar surface area (TPSA) is 75.7 Å². The molecular formula is C22H28F3N5O3+2. The Labute approximate surface area is 189 Å². The number of nitrogens with zero attached hydrogens (tertiary/aromatic N) is 4. The Bertz CT molecular complexity index is 965. The summed E-state index contributed by atoms with van der Waals surface area (Å²) in [6.07, 6.45) is -1.14. The summed E-state index contributed by atoms with van der Waals surface area (Å²) in [6.45, 7) is 3.00. The minimum atomic E-state index is -4.47. The highest BCUT2D eigenvalue weighted by molar-refractivity contribution is 5.87. The lowest BCUT2D eigenvalue weighted by molar-refractivity contribution is -0.717. The third-order valence-corrected chi connectivity index (χ3v) is 6.98. The van der Waals surface area contributed by atoms with Gasteiger partial charge in [-0.3, -0.25) is 4.79 Å². The van der Waals surface area contributed by atoms with Crippen LogP contribution in [0, 0.1) is 15.7 Å². The van der Waals surface area contributed by atoms with Gasteiger partial charge in [0.1, 0.15) is 4.87 Å². The van der Waals surface area contributed by atoms with Crippen LogP contribution < -0.4 is 5.32 Å². The second-order valence-electron chi connectivity index (χ2n) is 8.92. The number of rotatable bonds is 3. The number of benzene rings is 1. The molecule has 0 aromatic heterocycles. The van der Waals surface area contributed by atoms with Crippen molar-refractivity contribution in [3.63, 3.8) is 0 Å². The second-order valence-corrected chi connectivity index (χ2v) is 8.92. The first kappa shape index (κ1) is 23.3. The lowest BCUT2D eigenvalue weighted by Crippen LogP contribution is -2.66. The summed E-state index contributed by atoms with van der Waals surface area (Å²) in [4.78, 5) is 41.1. The molecule has 1 amide bonds. The van der Waals surface area contributed by atoms with Crippen LogP contribution in [-0.2, 0) is 11.0 Å². The lowest BCUT2D eigenvalue weighted by atomic mass is 9.78. The van der Waals surface area contributed by atoms with Crippen LogP contribution in [0.2, 0.25) is 0 Å². The zero-order chi connectivity index (χ0) is 23.9. The Kier molecular flexibility index (Phi) is 6.26. The average molecular weight is 467 g/mol. The van der Waals surface area contributed by atoms with E-state index in [0.717, 1.165) is 21.8 Å². The molecule has 0 aliphatic carbocycles. The van der Waals surface area contributed by atoms with Crippen LogP contribution in [0.25, 0.3) is 0 Å². The summed E-state index contributed by atoms with van der Waals surface area (Å²) in [6, 6.07) is 3.19. The van der Waals surface area contributed by atoms with Crippen molar-refractivity contribution in [1.29, 1.82) is 0 Å². The fourth-order valence-corrected chi connectivity index (χ4v) is 5.25. The zero-order valence-corrected chi connectivity index (χ0v) is 18.5. The van der Waals surface area contributed by atoms with Gasteiger partial charge < -0.3 is 4.90 Å². The van der Waals surface area contributed by atoms with E-state index in [1.54, 1.807) is 30.0 Å². The summed E-state index contributed by atoms with van der Waals surface area (Å²) in [5, 5.41) is 4.87. The van der Waals surface area contributed by atoms with Crippen molar-refractivity contribution in [2.24, 2.45) is 5.92 Å². The molecule has 4 rings (SSSR count). The van der Waals surface area contributed by atoms with Gasteiger partial charge in [0.15, 0.2) is 0 Å². The van der Waals surface area contributed by atoms with Gasteiger partial charge >= 0.3 is 6.18 Å². The molecule has 1 N–H and O–H groups in total. The van der Waals surface area contributed by atoms with Gasteiger partial charge in [-0.25, -0.2) is 5.32 Å². The summed E-state index contributed by atoms with van der Waals surface area (Å²) in [5.74, 6) is -0.354. The van der Waals surface area contributed by atoms with Crippen molar-refractivity contribution in [1.82, 2.24) is 15.2 Å². The van der Waals surface area contributed by atoms with Gasteiger partial charge in [-0.15, -0.1) is 5.01 Å². The number of hydrogen-bond acceptors (Lipinski definition) is 4. The molecule has 0 saturated carbocycles. The number of piperidine rings is 1. The van der Waals surface area contributed by atoms with Crippen molar-refractivity contribution in [2.45, 2.75) is 50.2 Å². The van der Waals surface area contributed by atoms with Crippen LogP contribution >= 0.6 is 0 Å². The molecule has 5 unspecified atom stereocenters. The molecule has 1 aromatic carbocycles. The molecule has 1 aromatic rings. The van der Waals surface area contributed by atoms with Gasteiger partial charge in [-0.1, -0.05) is 18.2 Å². The monoisotopic (exact) mass is 467 g/mol. The quantitative estimate of drug-likeness (QED) is 0.547. The van der Waals surface area contributed by atoms with Gasteiger partial charge in [-0.2, -0.15) is 13.2 Å². The summed E-state index contributed by atoms with van der Waals surface area (Å²) >= 11 is 0. The molecule has 33 heavy (non-hydrogen) atoms. The molecule has 3 aliphatic heterocycles. The fraction of sp³-hybridized carbons (Fsp3) is 0.591. The number of carbonyl (C=O) groups is 1. The Morgan fingerprint density at radius 3 is 2.39 bits per heavy atom. The van der Waals surface area contributed by atoms with Crippen molar-refractivity contribution >= 4 is 5.91 Å². The predicted octanol–water partition coefficient (Wildman–Crippen LogP) is 2.65. The number of halogens is 3. The molecule has 3 fully saturated rings. The second kappa shape index (κ2) is 8.85. The lowest BCUT2D eigenvalue weighted by Gasteiger charge is -2.42. The van der Waals surface area contributed by atoms with E-state index < -0.39 is 30.0 Å². The number of hydrazine groups is 1. The van der Waals surface area contributed by atoms with Gasteiger partial charge in [0.2, 0.25) is 11.9 Å². The first-order chi connectivity index (χ1) is 15.6. The predicted molar refractivity (Wildman–Crippen MR) is 113 cm³/mol. The van der Waals surface area contributed by atoms with Crippen LogP contribution in [0.5, 0.6) is 0 Å². The SMILES string of the molecule is C/C=C/C(=O)N1CCC2C(C3CCN(C)[N+]3=O)NC(c3ccc(C(F)(F)F)cc3)[N+](=O)C2C1. The fourth-order valence-electron chi connectivity index (χ4n) is 5.25. The first-order valence-corrected chi connectivity index (χ1v) is 11.1. The molecule has 3 saturated heterocycles. The van der Waals surface area contributed by atoms with E-state index in [0.29, 0.717) is 31.5 Å². The van der Waals surface area contributed by atoms with Crippen molar-refractivity contribution in [3.05, 3.63) is 57.4 Å². The van der Waals surface area contributed by atoms with Crippen LogP contribution in [0.4, 0.5) is 13.2 Å². The Morgan fingerprint density at radius 1 is 1.12 bits per heavy atom. The molecule has 0 spiro atoms. The Hall–Kier alpha value is -2.82. The Balaban J connectivity index is 1.66. The van der Waals surface area contributed by atoms with E-state index in [1.165, 1.54) is 18.2 Å². The molecule has 5 atom stereocenters. The van der Waals surface area contributed by atoms with Gasteiger partial charge in [0, 0.05) is 28.2 Å². The molecule has 3 aliphatic rings. The van der Waals surface area contributed by atoms with Crippen molar-refractivity contribution in [2.75, 3.05) is 26.7 Å². The van der Waals surface area contributed by atoms with E-state index in [9.17, 15) is 27.8 Å². The zero-order valence-electron chi connectivity index (χ0n) is 18.5. The molecule has 3 heterocycles. The highest BCUT2D eigenvalue weighted by atomic mass is 19.4. The number of carbonyl (C=O) groups excluding carboxylic acids is 1. The van der Waals surface area contributed by atoms with Crippen LogP contribution in [0.15, 0.2) is 36.4 Å². The van der Waals surface area contributed by atoms with Crippen LogP contribution in [-0.4, -0.2) is 70.3 Å². The van der Waals surface area contributed by atoms with E-state index in [1.807, 2.05) is 0 Å². The average Bonchev–Trinajstić information content (AvgIpc) is 3.12. The summed E-state index contributed by atoms with van der Waals surface area (Å²) < 4.78 is 39.9. The maximum absolute atomic E-state index is 13.4. The molecule has 0 radical (unpaired) electrons. The third-order valence-electron chi connectivity index (χ3n) is 6.98. The summed E-state index contributed by atoms with van der Waals surface area (Å²) in [7, 11) is 1.71. The third kappa shape index (κ3) is 4.38. The summed E-state index contributed by atoms with van der Waals surface area (Å²) in [5.41, 5.74) is -0.403. The van der Waals surface area contributed by atoms with Gasteiger partial charge in [0.25, 0.3) is 12.2 Å². The minimum absolute atomic E-state index is 0.171. The number of hydrogen-bond donors (Lipinski definition) is 1. The molecular weight excluding hydrogens is 439 g/mol. The number of alkyl halides is 3. The van der Waals surface area contributed by atoms with E-state index >= 15 is 0 Å². The van der Waals surface area contributed by atoms with E-state index in [4.69, 9.17) is 0 Å². The number of nitroso groups, excluding NO2 is 2. The van der Waals surface area contributed by atoms with E-state index in [2.05, 4.69) is 5.32 Å². The number of allylic oxidation sites excluding steroid dienone is 1. The maximum Gasteiger partial charge on any atom is 0.416 e. The minimum Gasteiger partial charge on any atom is -0.332 e. The highest BCUT2D eigenvalue weighted by Gasteiger charge is 2.59. The first-order valence-electron chi connectivity index (χ1n) is 11.1. The number of amides is 1. The molecule has 11 heteroatoms. The molecule has 0 bridgehead atoms. The van der Waals surface area contributed by atoms with Gasteiger partial charge in [0.05, 0.1) is 42.6 Å². The molecule has 8 nitrogen and oxygen atoms in total. The van der Waals surface area contributed by atoms with Crippen molar-refractivity contribution < 1.29 is 27.6 Å². The smallest absolute Gasteiger partial charge is 0.332 e. The number of fused-ring (bicyclic) bond motifs is 1. The number of likely N-dealkylation sites (tertiary alicyclic amines) is 1. The Morgan fingerprint density at radius 2 is 1.82 bits per heavy atom. The van der Waals surface area contributed by atoms with Crippen LogP contribution in [0.1, 0.15) is 37.1 Å². The van der Waals surface area contributed by atoms with Crippen LogP contribution in [0.3, 0.4) is 0 Å². The standard InChI is InChI=1S/C22H28F3N5O3/c1-3-4-19(31)28-12-9-16-18(13-28)29(32)21(14-5-7-15(8-6-14)22(23,24)25)26-20(16)17-10-11-27(2)30(17)33/h3-8,16-18,20-21,26H,9-13H2,1-2H3/q+2/b4-3+. The van der Waals surface area contributed by atoms with E-state index in [-0.39, 0.29) is 24.4 Å². The molecule has 178 valence electrons. The number of nitrogens with one attached hydrogen (secondary N) is 1. The van der Waals surface area contributed by atoms with Gasteiger partial charge in [-0.05, 0) is 31.6 Å². The van der Waals surface area contributed by atoms with Crippen molar-refractivity contribution in [3.8, 4) is 0 Å². The largest absolute Gasteiger partial charge is 0.416 e.